The summed E-state index contributed by atoms with van der Waals surface area (Å²) in [5.41, 5.74) is 1.35. The number of rotatable bonds is 10. The van der Waals surface area contributed by atoms with E-state index < -0.39 is 17.7 Å². The molecule has 2 aromatic rings. The van der Waals surface area contributed by atoms with Crippen LogP contribution in [0.5, 0.6) is 5.75 Å². The maximum atomic E-state index is 13.1. The molecule has 0 saturated carbocycles. The number of ketones is 1. The fourth-order valence-electron chi connectivity index (χ4n) is 4.17. The first kappa shape index (κ1) is 25.6. The highest BCUT2D eigenvalue weighted by atomic mass is 16.5. The molecule has 1 fully saturated rings. The van der Waals surface area contributed by atoms with Gasteiger partial charge in [-0.1, -0.05) is 27.7 Å². The van der Waals surface area contributed by atoms with Gasteiger partial charge in [0, 0.05) is 18.7 Å². The maximum absolute atomic E-state index is 13.1. The Balaban J connectivity index is 2.02. The van der Waals surface area contributed by atoms with E-state index in [9.17, 15) is 14.7 Å². The number of aliphatic hydroxyl groups excluding tert-OH is 1. The minimum Gasteiger partial charge on any atom is -0.507 e. The van der Waals surface area contributed by atoms with Crippen molar-refractivity contribution in [3.05, 3.63) is 58.6 Å². The zero-order valence-electron chi connectivity index (χ0n) is 21.1. The van der Waals surface area contributed by atoms with Crippen LogP contribution in [0.25, 0.3) is 5.76 Å². The molecule has 2 heterocycles. The lowest BCUT2D eigenvalue weighted by atomic mass is 9.98. The minimum atomic E-state index is -0.776. The van der Waals surface area contributed by atoms with Crippen LogP contribution in [-0.2, 0) is 9.59 Å². The smallest absolute Gasteiger partial charge is 0.295 e. The highest BCUT2D eigenvalue weighted by Gasteiger charge is 2.47. The summed E-state index contributed by atoms with van der Waals surface area (Å²) in [6, 6.07) is 8.06. The number of carbonyl (C=O) groups excluding carboxylic acids is 2. The predicted octanol–water partition coefficient (Wildman–Crippen LogP) is 4.69. The maximum Gasteiger partial charge on any atom is 0.295 e. The van der Waals surface area contributed by atoms with E-state index >= 15 is 0 Å². The van der Waals surface area contributed by atoms with Crippen molar-refractivity contribution in [1.29, 1.82) is 0 Å². The number of ether oxygens (including phenoxy) is 1. The zero-order valence-corrected chi connectivity index (χ0v) is 21.1. The molecule has 0 bridgehead atoms. The van der Waals surface area contributed by atoms with Gasteiger partial charge in [0.25, 0.3) is 11.7 Å². The Morgan fingerprint density at radius 1 is 1.15 bits per heavy atom. The van der Waals surface area contributed by atoms with E-state index in [2.05, 4.69) is 32.6 Å². The average molecular weight is 469 g/mol. The van der Waals surface area contributed by atoms with Crippen LogP contribution in [0.1, 0.15) is 56.4 Å². The van der Waals surface area contributed by atoms with Gasteiger partial charge in [-0.3, -0.25) is 9.59 Å². The number of likely N-dealkylation sites (N-methyl/N-ethyl adjacent to an activating group) is 1. The van der Waals surface area contributed by atoms with E-state index in [0.29, 0.717) is 42.7 Å². The first-order valence-electron chi connectivity index (χ1n) is 12.0. The van der Waals surface area contributed by atoms with E-state index in [-0.39, 0.29) is 11.3 Å². The van der Waals surface area contributed by atoms with Crippen LogP contribution < -0.4 is 4.74 Å². The molecule has 0 aliphatic carbocycles. The van der Waals surface area contributed by atoms with Crippen LogP contribution in [0.3, 0.4) is 0 Å². The third kappa shape index (κ3) is 5.36. The molecule has 1 amide bonds. The number of benzene rings is 1. The second-order valence-corrected chi connectivity index (χ2v) is 9.15. The normalized spacial score (nSPS) is 17.9. The highest BCUT2D eigenvalue weighted by molar-refractivity contribution is 6.46. The molecule has 184 valence electrons. The third-order valence-corrected chi connectivity index (χ3v) is 6.14. The Hall–Kier alpha value is -3.06. The number of carbonyl (C=O) groups is 2. The summed E-state index contributed by atoms with van der Waals surface area (Å²) in [6.07, 6.45) is 0. The Kier molecular flexibility index (Phi) is 8.20. The van der Waals surface area contributed by atoms with Crippen molar-refractivity contribution in [3.63, 3.8) is 0 Å². The fraction of sp³-hybridized carbons (Fsp3) is 0.481. The molecule has 7 heteroatoms. The molecular formula is C27H36N2O5. The summed E-state index contributed by atoms with van der Waals surface area (Å²) in [7, 11) is 0. The van der Waals surface area contributed by atoms with Crippen molar-refractivity contribution in [2.75, 3.05) is 32.8 Å². The molecule has 1 aromatic carbocycles. The van der Waals surface area contributed by atoms with Crippen LogP contribution in [0.2, 0.25) is 0 Å². The molecule has 34 heavy (non-hydrogen) atoms. The van der Waals surface area contributed by atoms with Gasteiger partial charge in [-0.2, -0.15) is 0 Å². The first-order valence-corrected chi connectivity index (χ1v) is 12.0. The number of furan rings is 1. The monoisotopic (exact) mass is 468 g/mol. The second kappa shape index (κ2) is 10.9. The molecule has 1 saturated heterocycles. The van der Waals surface area contributed by atoms with Crippen molar-refractivity contribution in [2.24, 2.45) is 5.92 Å². The number of aryl methyl sites for hydroxylation is 2. The van der Waals surface area contributed by atoms with E-state index in [4.69, 9.17) is 9.15 Å². The van der Waals surface area contributed by atoms with Crippen molar-refractivity contribution >= 4 is 17.4 Å². The zero-order chi connectivity index (χ0) is 25.0. The number of nitrogens with zero attached hydrogens (tertiary/aromatic N) is 2. The molecule has 1 aromatic heterocycles. The molecule has 1 N–H and O–H groups in total. The summed E-state index contributed by atoms with van der Waals surface area (Å²) >= 11 is 0. The lowest BCUT2D eigenvalue weighted by Gasteiger charge is -2.26. The number of Topliss-reactive ketones (excluding diaryl/α,β-unsaturated/α-hetero) is 1. The quantitative estimate of drug-likeness (QED) is 0.309. The van der Waals surface area contributed by atoms with Crippen molar-refractivity contribution in [1.82, 2.24) is 9.80 Å². The van der Waals surface area contributed by atoms with E-state index in [1.54, 1.807) is 30.3 Å². The number of likely N-dealkylation sites (tertiary alicyclic amines) is 1. The minimum absolute atomic E-state index is 0.0501. The molecular weight excluding hydrogens is 432 g/mol. The Bertz CT molecular complexity index is 1060. The van der Waals surface area contributed by atoms with Crippen LogP contribution in [0.4, 0.5) is 0 Å². The van der Waals surface area contributed by atoms with E-state index in [1.807, 2.05) is 13.8 Å². The molecule has 3 rings (SSSR count). The molecule has 0 radical (unpaired) electrons. The largest absolute Gasteiger partial charge is 0.507 e. The van der Waals surface area contributed by atoms with Crippen molar-refractivity contribution in [2.45, 2.75) is 47.6 Å². The average Bonchev–Trinajstić information content (AvgIpc) is 3.34. The van der Waals surface area contributed by atoms with Crippen LogP contribution in [0, 0.1) is 19.8 Å². The fourth-order valence-corrected chi connectivity index (χ4v) is 4.17. The SMILES string of the molecule is CCN(CC)CCN1C(=O)C(=O)/C(=C(\O)c2ccc(OCC(C)C)c(C)c2)C1c1ccc(C)o1. The van der Waals surface area contributed by atoms with Gasteiger partial charge < -0.3 is 24.1 Å². The van der Waals surface area contributed by atoms with Gasteiger partial charge in [-0.05, 0) is 68.8 Å². The van der Waals surface area contributed by atoms with Gasteiger partial charge >= 0.3 is 0 Å². The predicted molar refractivity (Wildman–Crippen MR) is 132 cm³/mol. The van der Waals surface area contributed by atoms with Crippen molar-refractivity contribution in [3.8, 4) is 5.75 Å². The summed E-state index contributed by atoms with van der Waals surface area (Å²) in [5, 5.41) is 11.3. The van der Waals surface area contributed by atoms with E-state index in [1.165, 1.54) is 4.90 Å². The van der Waals surface area contributed by atoms with Crippen LogP contribution >= 0.6 is 0 Å². The standard InChI is InChI=1S/C27H36N2O5/c1-7-28(8-2)13-14-29-24(22-11-9-19(6)34-22)23(26(31)27(29)32)25(30)20-10-12-21(18(5)15-20)33-16-17(3)4/h9-12,15,17,24,30H,7-8,13-14,16H2,1-6H3/b25-23-. The number of hydrogen-bond acceptors (Lipinski definition) is 6. The topological polar surface area (TPSA) is 83.2 Å². The van der Waals surface area contributed by atoms with Gasteiger partial charge in [0.2, 0.25) is 0 Å². The van der Waals surface area contributed by atoms with Gasteiger partial charge in [0.15, 0.2) is 0 Å². The van der Waals surface area contributed by atoms with Crippen molar-refractivity contribution < 1.29 is 23.8 Å². The highest BCUT2D eigenvalue weighted by Crippen LogP contribution is 2.40. The summed E-state index contributed by atoms with van der Waals surface area (Å²) in [6.45, 7) is 15.2. The van der Waals surface area contributed by atoms with Gasteiger partial charge in [-0.15, -0.1) is 0 Å². The molecule has 1 aliphatic rings. The molecule has 1 aliphatic heterocycles. The van der Waals surface area contributed by atoms with Gasteiger partial charge in [0.1, 0.15) is 29.1 Å². The second-order valence-electron chi connectivity index (χ2n) is 9.15. The van der Waals surface area contributed by atoms with E-state index in [0.717, 1.165) is 24.4 Å². The Morgan fingerprint density at radius 2 is 1.85 bits per heavy atom. The number of aliphatic hydroxyl groups is 1. The summed E-state index contributed by atoms with van der Waals surface area (Å²) < 4.78 is 11.7. The van der Waals surface area contributed by atoms with Gasteiger partial charge in [-0.25, -0.2) is 0 Å². The molecule has 7 nitrogen and oxygen atoms in total. The van der Waals surface area contributed by atoms with Crippen LogP contribution in [-0.4, -0.2) is 59.4 Å². The Morgan fingerprint density at radius 3 is 2.41 bits per heavy atom. The van der Waals surface area contributed by atoms with Gasteiger partial charge in [0.05, 0.1) is 12.2 Å². The summed E-state index contributed by atoms with van der Waals surface area (Å²) in [4.78, 5) is 29.9. The number of hydrogen-bond donors (Lipinski definition) is 1. The molecule has 1 atom stereocenters. The Labute approximate surface area is 202 Å². The lowest BCUT2D eigenvalue weighted by Crippen LogP contribution is -2.37. The molecule has 1 unspecified atom stereocenters. The first-order chi connectivity index (χ1) is 16.2. The molecule has 0 spiro atoms. The van der Waals surface area contributed by atoms with Crippen LogP contribution in [0.15, 0.2) is 40.3 Å². The number of amides is 1. The third-order valence-electron chi connectivity index (χ3n) is 6.14. The lowest BCUT2D eigenvalue weighted by molar-refractivity contribution is -0.140. The summed E-state index contributed by atoms with van der Waals surface area (Å²) in [5.74, 6) is 0.717.